The van der Waals surface area contributed by atoms with E-state index in [0.29, 0.717) is 22.3 Å². The summed E-state index contributed by atoms with van der Waals surface area (Å²) in [7, 11) is 2.88. The predicted octanol–water partition coefficient (Wildman–Crippen LogP) is 2.89. The summed E-state index contributed by atoms with van der Waals surface area (Å²) in [6.45, 7) is 0. The molecule has 0 atom stereocenters. The molecule has 0 amide bonds. The standard InChI is InChI=1S/C17H14O6/c1-21-10-3-4-11-12(18)8-14(23-15(11)7-10)9-5-13(19)17(20)16(6-9)22-2/h3-8,19-20H,1-2H3. The first kappa shape index (κ1) is 14.8. The average Bonchev–Trinajstić information content (AvgIpc) is 2.56. The molecule has 6 nitrogen and oxygen atoms in total. The fraction of sp³-hybridized carbons (Fsp3) is 0.118. The van der Waals surface area contributed by atoms with Crippen LogP contribution in [0, 0.1) is 0 Å². The van der Waals surface area contributed by atoms with Crippen molar-refractivity contribution in [2.45, 2.75) is 0 Å². The van der Waals surface area contributed by atoms with Crippen LogP contribution in [0.3, 0.4) is 0 Å². The number of hydrogen-bond donors (Lipinski definition) is 2. The molecule has 0 aliphatic rings. The maximum atomic E-state index is 12.2. The van der Waals surface area contributed by atoms with Crippen LogP contribution in [0.2, 0.25) is 0 Å². The number of hydrogen-bond acceptors (Lipinski definition) is 6. The van der Waals surface area contributed by atoms with E-state index in [0.717, 1.165) is 0 Å². The van der Waals surface area contributed by atoms with Gasteiger partial charge < -0.3 is 24.1 Å². The summed E-state index contributed by atoms with van der Waals surface area (Å²) in [5.74, 6) is 0.135. The van der Waals surface area contributed by atoms with E-state index in [1.54, 1.807) is 18.2 Å². The van der Waals surface area contributed by atoms with E-state index in [1.807, 2.05) is 0 Å². The summed E-state index contributed by atoms with van der Waals surface area (Å²) in [4.78, 5) is 12.2. The number of phenolic OH excluding ortho intramolecular Hbond substituents is 2. The SMILES string of the molecule is COc1ccc2c(=O)cc(-c3cc(O)c(O)c(OC)c3)oc2c1. The van der Waals surface area contributed by atoms with Crippen LogP contribution in [0.4, 0.5) is 0 Å². The van der Waals surface area contributed by atoms with Gasteiger partial charge in [0.15, 0.2) is 16.9 Å². The van der Waals surface area contributed by atoms with Crippen LogP contribution in [-0.4, -0.2) is 24.4 Å². The second-order valence-electron chi connectivity index (χ2n) is 4.88. The van der Waals surface area contributed by atoms with Gasteiger partial charge in [0.1, 0.15) is 17.1 Å². The quantitative estimate of drug-likeness (QED) is 0.723. The van der Waals surface area contributed by atoms with Crippen molar-refractivity contribution in [1.29, 1.82) is 0 Å². The first-order valence-electron chi connectivity index (χ1n) is 6.75. The molecular formula is C17H14O6. The number of fused-ring (bicyclic) bond motifs is 1. The van der Waals surface area contributed by atoms with Gasteiger partial charge in [-0.15, -0.1) is 0 Å². The molecule has 3 aromatic rings. The topological polar surface area (TPSA) is 89.1 Å². The summed E-state index contributed by atoms with van der Waals surface area (Å²) in [6.07, 6.45) is 0. The molecule has 0 aliphatic carbocycles. The van der Waals surface area contributed by atoms with E-state index < -0.39 is 0 Å². The van der Waals surface area contributed by atoms with Crippen molar-refractivity contribution in [3.8, 4) is 34.3 Å². The van der Waals surface area contributed by atoms with Gasteiger partial charge in [-0.25, -0.2) is 0 Å². The number of phenols is 2. The lowest BCUT2D eigenvalue weighted by Crippen LogP contribution is -2.00. The number of ether oxygens (including phenoxy) is 2. The summed E-state index contributed by atoms with van der Waals surface area (Å²) < 4.78 is 15.9. The van der Waals surface area contributed by atoms with Gasteiger partial charge in [-0.3, -0.25) is 4.79 Å². The van der Waals surface area contributed by atoms with Crippen LogP contribution < -0.4 is 14.9 Å². The normalized spacial score (nSPS) is 10.7. The highest BCUT2D eigenvalue weighted by atomic mass is 16.5. The molecule has 0 bridgehead atoms. The lowest BCUT2D eigenvalue weighted by atomic mass is 10.1. The van der Waals surface area contributed by atoms with Crippen molar-refractivity contribution in [2.75, 3.05) is 14.2 Å². The van der Waals surface area contributed by atoms with E-state index >= 15 is 0 Å². The number of methoxy groups -OCH3 is 2. The Balaban J connectivity index is 2.24. The first-order valence-corrected chi connectivity index (χ1v) is 6.75. The molecule has 0 radical (unpaired) electrons. The van der Waals surface area contributed by atoms with Crippen LogP contribution in [0.15, 0.2) is 45.6 Å². The van der Waals surface area contributed by atoms with Gasteiger partial charge in [0, 0.05) is 17.7 Å². The monoisotopic (exact) mass is 314 g/mol. The second-order valence-corrected chi connectivity index (χ2v) is 4.88. The lowest BCUT2D eigenvalue weighted by Gasteiger charge is -2.09. The Kier molecular flexibility index (Phi) is 3.57. The largest absolute Gasteiger partial charge is 0.504 e. The van der Waals surface area contributed by atoms with Crippen LogP contribution in [0.1, 0.15) is 0 Å². The minimum absolute atomic E-state index is 0.0772. The van der Waals surface area contributed by atoms with Gasteiger partial charge in [-0.05, 0) is 24.3 Å². The van der Waals surface area contributed by atoms with Crippen molar-refractivity contribution >= 4 is 11.0 Å². The van der Waals surface area contributed by atoms with Crippen molar-refractivity contribution in [1.82, 2.24) is 0 Å². The zero-order valence-corrected chi connectivity index (χ0v) is 12.5. The van der Waals surface area contributed by atoms with Gasteiger partial charge in [0.05, 0.1) is 19.6 Å². The fourth-order valence-corrected chi connectivity index (χ4v) is 2.30. The zero-order chi connectivity index (χ0) is 16.6. The molecule has 6 heteroatoms. The Morgan fingerprint density at radius 2 is 1.78 bits per heavy atom. The van der Waals surface area contributed by atoms with E-state index in [1.165, 1.54) is 32.4 Å². The smallest absolute Gasteiger partial charge is 0.200 e. The summed E-state index contributed by atoms with van der Waals surface area (Å²) >= 11 is 0. The van der Waals surface area contributed by atoms with Crippen LogP contribution >= 0.6 is 0 Å². The van der Waals surface area contributed by atoms with Gasteiger partial charge in [-0.2, -0.15) is 0 Å². The van der Waals surface area contributed by atoms with E-state index in [-0.39, 0.29) is 28.4 Å². The molecule has 3 rings (SSSR count). The molecule has 118 valence electrons. The molecule has 0 aliphatic heterocycles. The van der Waals surface area contributed by atoms with Crippen LogP contribution in [-0.2, 0) is 0 Å². The van der Waals surface area contributed by atoms with E-state index in [2.05, 4.69) is 0 Å². The first-order chi connectivity index (χ1) is 11.0. The average molecular weight is 314 g/mol. The Hall–Kier alpha value is -3.15. The van der Waals surface area contributed by atoms with Gasteiger partial charge >= 0.3 is 0 Å². The number of benzene rings is 2. The molecule has 23 heavy (non-hydrogen) atoms. The van der Waals surface area contributed by atoms with Crippen molar-refractivity contribution in [3.05, 3.63) is 46.6 Å². The second kappa shape index (κ2) is 5.57. The molecule has 2 aromatic carbocycles. The Morgan fingerprint density at radius 3 is 2.48 bits per heavy atom. The molecule has 0 saturated heterocycles. The molecular weight excluding hydrogens is 300 g/mol. The van der Waals surface area contributed by atoms with Crippen LogP contribution in [0.25, 0.3) is 22.3 Å². The minimum atomic E-state index is -0.374. The molecule has 2 N–H and O–H groups in total. The predicted molar refractivity (Wildman–Crippen MR) is 84.4 cm³/mol. The van der Waals surface area contributed by atoms with Gasteiger partial charge in [0.2, 0.25) is 5.75 Å². The Bertz CT molecular complexity index is 942. The maximum absolute atomic E-state index is 12.2. The molecule has 0 fully saturated rings. The maximum Gasteiger partial charge on any atom is 0.200 e. The van der Waals surface area contributed by atoms with Crippen molar-refractivity contribution in [2.24, 2.45) is 0 Å². The molecule has 0 saturated carbocycles. The number of aromatic hydroxyl groups is 2. The highest BCUT2D eigenvalue weighted by Crippen LogP contribution is 2.39. The Labute approximate surface area is 131 Å². The highest BCUT2D eigenvalue weighted by molar-refractivity contribution is 5.80. The third-order valence-electron chi connectivity index (χ3n) is 3.50. The van der Waals surface area contributed by atoms with E-state index in [4.69, 9.17) is 13.9 Å². The summed E-state index contributed by atoms with van der Waals surface area (Å²) in [5, 5.41) is 19.9. The fourth-order valence-electron chi connectivity index (χ4n) is 2.30. The molecule has 1 aromatic heterocycles. The van der Waals surface area contributed by atoms with Crippen molar-refractivity contribution in [3.63, 3.8) is 0 Å². The minimum Gasteiger partial charge on any atom is -0.504 e. The lowest BCUT2D eigenvalue weighted by molar-refractivity contribution is 0.351. The molecule has 1 heterocycles. The zero-order valence-electron chi connectivity index (χ0n) is 12.5. The van der Waals surface area contributed by atoms with Crippen molar-refractivity contribution < 1.29 is 24.1 Å². The third kappa shape index (κ3) is 2.55. The molecule has 0 unspecified atom stereocenters. The number of rotatable bonds is 3. The van der Waals surface area contributed by atoms with Gasteiger partial charge in [-0.1, -0.05) is 0 Å². The molecule has 0 spiro atoms. The van der Waals surface area contributed by atoms with E-state index in [9.17, 15) is 15.0 Å². The highest BCUT2D eigenvalue weighted by Gasteiger charge is 2.14. The van der Waals surface area contributed by atoms with Crippen LogP contribution in [0.5, 0.6) is 23.0 Å². The summed E-state index contributed by atoms with van der Waals surface area (Å²) in [6, 6.07) is 8.99. The Morgan fingerprint density at radius 1 is 1.00 bits per heavy atom. The van der Waals surface area contributed by atoms with Gasteiger partial charge in [0.25, 0.3) is 0 Å². The third-order valence-corrected chi connectivity index (χ3v) is 3.50. The summed E-state index contributed by atoms with van der Waals surface area (Å²) in [5.41, 5.74) is 0.535.